The Balaban J connectivity index is 2.14. The molecule has 1 atom stereocenters. The normalized spacial score (nSPS) is 13.3. The van der Waals surface area contributed by atoms with Crippen molar-refractivity contribution in [2.24, 2.45) is 0 Å². The summed E-state index contributed by atoms with van der Waals surface area (Å²) in [5.41, 5.74) is 1.78. The Morgan fingerprint density at radius 1 is 1.33 bits per heavy atom. The fourth-order valence-electron chi connectivity index (χ4n) is 1.99. The zero-order chi connectivity index (χ0) is 15.5. The Morgan fingerprint density at radius 3 is 2.67 bits per heavy atom. The molecule has 0 radical (unpaired) electrons. The van der Waals surface area contributed by atoms with Crippen molar-refractivity contribution in [2.45, 2.75) is 30.9 Å². The summed E-state index contributed by atoms with van der Waals surface area (Å²) in [5.74, 6) is 0. The van der Waals surface area contributed by atoms with Gasteiger partial charge in [-0.1, -0.05) is 6.07 Å². The average Bonchev–Trinajstić information content (AvgIpc) is 2.90. The van der Waals surface area contributed by atoms with Crippen molar-refractivity contribution in [3.05, 3.63) is 50.6 Å². The van der Waals surface area contributed by atoms with Gasteiger partial charge in [0.25, 0.3) is 0 Å². The molecule has 21 heavy (non-hydrogen) atoms. The molecule has 0 fully saturated rings. The molecule has 1 heterocycles. The van der Waals surface area contributed by atoms with Gasteiger partial charge in [0, 0.05) is 10.5 Å². The van der Waals surface area contributed by atoms with Crippen LogP contribution in [0.2, 0.25) is 0 Å². The molecule has 0 saturated heterocycles. The number of halogens is 1. The van der Waals surface area contributed by atoms with E-state index >= 15 is 0 Å². The van der Waals surface area contributed by atoms with Gasteiger partial charge in [-0.2, -0.15) is 11.3 Å². The molecule has 2 rings (SSSR count). The van der Waals surface area contributed by atoms with E-state index in [-0.39, 0.29) is 17.5 Å². The smallest absolute Gasteiger partial charge is 0.241 e. The second-order valence-electron chi connectivity index (χ2n) is 4.78. The first-order chi connectivity index (χ1) is 9.92. The lowest BCUT2D eigenvalue weighted by atomic mass is 10.1. The highest BCUT2D eigenvalue weighted by Crippen LogP contribution is 2.23. The summed E-state index contributed by atoms with van der Waals surface area (Å²) in [7, 11) is -3.59. The Kier molecular flexibility index (Phi) is 5.56. The summed E-state index contributed by atoms with van der Waals surface area (Å²) < 4.78 is 27.9. The van der Waals surface area contributed by atoms with E-state index in [9.17, 15) is 8.42 Å². The minimum absolute atomic E-state index is 0.124. The molecule has 0 saturated carbocycles. The average molecular weight is 390 g/mol. The Labute approximate surface area is 137 Å². The summed E-state index contributed by atoms with van der Waals surface area (Å²) in [6.07, 6.45) is 0.648. The fourth-order valence-corrected chi connectivity index (χ4v) is 5.04. The molecule has 1 unspecified atom stereocenters. The van der Waals surface area contributed by atoms with Gasteiger partial charge < -0.3 is 5.11 Å². The topological polar surface area (TPSA) is 66.4 Å². The van der Waals surface area contributed by atoms with Gasteiger partial charge in [0.15, 0.2) is 0 Å². The van der Waals surface area contributed by atoms with E-state index < -0.39 is 10.0 Å². The summed E-state index contributed by atoms with van der Waals surface area (Å²) in [5, 5.41) is 13.0. The van der Waals surface area contributed by atoms with Crippen LogP contribution < -0.4 is 4.72 Å². The van der Waals surface area contributed by atoms with E-state index in [0.29, 0.717) is 16.5 Å². The minimum atomic E-state index is -3.59. The number of rotatable bonds is 6. The van der Waals surface area contributed by atoms with Gasteiger partial charge >= 0.3 is 0 Å². The highest BCUT2D eigenvalue weighted by atomic mass is 79.9. The SMILES string of the molecule is CC(Cc1ccsc1)NS(=O)(=O)c1ccc(CO)cc1Br. The molecule has 1 aromatic carbocycles. The number of nitrogens with one attached hydrogen (secondary N) is 1. The van der Waals surface area contributed by atoms with Crippen molar-refractivity contribution in [1.82, 2.24) is 4.72 Å². The van der Waals surface area contributed by atoms with E-state index in [1.807, 2.05) is 23.8 Å². The van der Waals surface area contributed by atoms with Crippen LogP contribution in [0.25, 0.3) is 0 Å². The first kappa shape index (κ1) is 16.6. The lowest BCUT2D eigenvalue weighted by molar-refractivity contribution is 0.281. The quantitative estimate of drug-likeness (QED) is 0.797. The van der Waals surface area contributed by atoms with Gasteiger partial charge in [-0.15, -0.1) is 0 Å². The van der Waals surface area contributed by atoms with Crippen LogP contribution in [0.5, 0.6) is 0 Å². The predicted octanol–water partition coefficient (Wildman–Crippen LogP) is 2.91. The third kappa shape index (κ3) is 4.37. The van der Waals surface area contributed by atoms with Gasteiger partial charge in [-0.05, 0) is 69.4 Å². The summed E-state index contributed by atoms with van der Waals surface area (Å²) in [6.45, 7) is 1.71. The molecule has 1 aromatic heterocycles. The molecule has 0 amide bonds. The van der Waals surface area contributed by atoms with Crippen LogP contribution in [-0.2, 0) is 23.1 Å². The van der Waals surface area contributed by atoms with E-state index in [0.717, 1.165) is 5.56 Å². The van der Waals surface area contributed by atoms with Gasteiger partial charge in [0.1, 0.15) is 0 Å². The number of aliphatic hydroxyl groups excluding tert-OH is 1. The van der Waals surface area contributed by atoms with Gasteiger partial charge in [-0.3, -0.25) is 0 Å². The Morgan fingerprint density at radius 2 is 2.10 bits per heavy atom. The second kappa shape index (κ2) is 7.02. The minimum Gasteiger partial charge on any atom is -0.392 e. The van der Waals surface area contributed by atoms with Crippen molar-refractivity contribution in [1.29, 1.82) is 0 Å². The van der Waals surface area contributed by atoms with E-state index in [2.05, 4.69) is 20.7 Å². The molecule has 0 aliphatic rings. The predicted molar refractivity (Wildman–Crippen MR) is 87.9 cm³/mol. The summed E-state index contributed by atoms with van der Waals surface area (Å²) in [4.78, 5) is 0.178. The highest BCUT2D eigenvalue weighted by Gasteiger charge is 2.20. The lowest BCUT2D eigenvalue weighted by Crippen LogP contribution is -2.34. The number of sulfonamides is 1. The molecule has 0 bridgehead atoms. The third-order valence-electron chi connectivity index (χ3n) is 2.95. The molecule has 114 valence electrons. The Hall–Kier alpha value is -0.730. The molecule has 0 aliphatic heterocycles. The maximum Gasteiger partial charge on any atom is 0.241 e. The van der Waals surface area contributed by atoms with Crippen molar-refractivity contribution >= 4 is 37.3 Å². The van der Waals surface area contributed by atoms with E-state index in [4.69, 9.17) is 5.11 Å². The summed E-state index contributed by atoms with van der Waals surface area (Å²) in [6, 6.07) is 6.49. The van der Waals surface area contributed by atoms with Crippen molar-refractivity contribution in [3.63, 3.8) is 0 Å². The van der Waals surface area contributed by atoms with Crippen LogP contribution in [0.1, 0.15) is 18.1 Å². The molecular formula is C14H16BrNO3S2. The molecule has 7 heteroatoms. The van der Waals surface area contributed by atoms with Gasteiger partial charge in [0.2, 0.25) is 10.0 Å². The van der Waals surface area contributed by atoms with Crippen LogP contribution in [0, 0.1) is 0 Å². The third-order valence-corrected chi connectivity index (χ3v) is 6.24. The van der Waals surface area contributed by atoms with Crippen molar-refractivity contribution < 1.29 is 13.5 Å². The van der Waals surface area contributed by atoms with E-state index in [1.165, 1.54) is 6.07 Å². The number of thiophene rings is 1. The first-order valence-electron chi connectivity index (χ1n) is 6.35. The number of hydrogen-bond donors (Lipinski definition) is 2. The maximum absolute atomic E-state index is 12.4. The van der Waals surface area contributed by atoms with Crippen LogP contribution in [0.3, 0.4) is 0 Å². The highest BCUT2D eigenvalue weighted by molar-refractivity contribution is 9.10. The van der Waals surface area contributed by atoms with Gasteiger partial charge in [0.05, 0.1) is 11.5 Å². The number of benzene rings is 1. The largest absolute Gasteiger partial charge is 0.392 e. The van der Waals surface area contributed by atoms with Crippen LogP contribution >= 0.6 is 27.3 Å². The fraction of sp³-hybridized carbons (Fsp3) is 0.286. The van der Waals surface area contributed by atoms with E-state index in [1.54, 1.807) is 23.5 Å². The Bertz CT molecular complexity index is 699. The monoisotopic (exact) mass is 389 g/mol. The van der Waals surface area contributed by atoms with Crippen molar-refractivity contribution in [2.75, 3.05) is 0 Å². The molecule has 0 spiro atoms. The zero-order valence-corrected chi connectivity index (χ0v) is 14.6. The molecule has 0 aliphatic carbocycles. The second-order valence-corrected chi connectivity index (χ2v) is 8.10. The van der Waals surface area contributed by atoms with Crippen molar-refractivity contribution in [3.8, 4) is 0 Å². The maximum atomic E-state index is 12.4. The summed E-state index contributed by atoms with van der Waals surface area (Å²) >= 11 is 4.84. The molecule has 2 N–H and O–H groups in total. The van der Waals surface area contributed by atoms with Crippen LogP contribution in [0.4, 0.5) is 0 Å². The first-order valence-corrected chi connectivity index (χ1v) is 9.57. The van der Waals surface area contributed by atoms with Gasteiger partial charge in [-0.25, -0.2) is 13.1 Å². The van der Waals surface area contributed by atoms with Crippen LogP contribution in [-0.4, -0.2) is 19.6 Å². The molecule has 2 aromatic rings. The standard InChI is InChI=1S/C14H16BrNO3S2/c1-10(6-12-4-5-20-9-12)16-21(18,19)14-3-2-11(8-17)7-13(14)15/h2-5,7,9-10,16-17H,6,8H2,1H3. The lowest BCUT2D eigenvalue weighted by Gasteiger charge is -2.15. The zero-order valence-electron chi connectivity index (χ0n) is 11.4. The number of hydrogen-bond acceptors (Lipinski definition) is 4. The van der Waals surface area contributed by atoms with Crippen LogP contribution in [0.15, 0.2) is 44.4 Å². The molecule has 4 nitrogen and oxygen atoms in total. The molecular weight excluding hydrogens is 374 g/mol. The number of aliphatic hydroxyl groups is 1.